The van der Waals surface area contributed by atoms with Gasteiger partial charge in [-0.15, -0.1) is 0 Å². The fourth-order valence-electron chi connectivity index (χ4n) is 1.95. The molecule has 0 aromatic carbocycles. The lowest BCUT2D eigenvalue weighted by atomic mass is 9.89. The molecule has 0 bridgehead atoms. The molecule has 0 spiro atoms. The van der Waals surface area contributed by atoms with E-state index in [0.29, 0.717) is 18.4 Å². The number of amides is 1. The van der Waals surface area contributed by atoms with Gasteiger partial charge in [-0.05, 0) is 19.3 Å². The molecule has 15 heavy (non-hydrogen) atoms. The van der Waals surface area contributed by atoms with E-state index in [4.69, 9.17) is 12.2 Å². The third kappa shape index (κ3) is 3.16. The monoisotopic (exact) mass is 228 g/mol. The van der Waals surface area contributed by atoms with Crippen molar-refractivity contribution in [3.8, 4) is 0 Å². The van der Waals surface area contributed by atoms with Gasteiger partial charge in [0.1, 0.15) is 0 Å². The van der Waals surface area contributed by atoms with Gasteiger partial charge < -0.3 is 9.80 Å². The highest BCUT2D eigenvalue weighted by Crippen LogP contribution is 2.26. The highest BCUT2D eigenvalue weighted by Gasteiger charge is 2.27. The van der Waals surface area contributed by atoms with Crippen molar-refractivity contribution in [2.45, 2.75) is 32.2 Å². The maximum absolute atomic E-state index is 11.6. The van der Waals surface area contributed by atoms with E-state index in [2.05, 4.69) is 11.8 Å². The van der Waals surface area contributed by atoms with Crippen molar-refractivity contribution in [1.82, 2.24) is 9.80 Å². The van der Waals surface area contributed by atoms with Crippen LogP contribution in [0.1, 0.15) is 26.2 Å². The molecule has 1 saturated heterocycles. The molecule has 1 heterocycles. The topological polar surface area (TPSA) is 23.6 Å². The summed E-state index contributed by atoms with van der Waals surface area (Å²) in [5.41, 5.74) is 0. The van der Waals surface area contributed by atoms with E-state index in [1.54, 1.807) is 19.0 Å². The molecule has 3 nitrogen and oxygen atoms in total. The molecule has 4 heteroatoms. The second-order valence-electron chi connectivity index (χ2n) is 4.65. The van der Waals surface area contributed by atoms with E-state index in [1.165, 1.54) is 0 Å². The number of thiocarbonyl (C=S) groups is 1. The van der Waals surface area contributed by atoms with Gasteiger partial charge >= 0.3 is 0 Å². The Bertz CT molecular complexity index is 265. The van der Waals surface area contributed by atoms with E-state index >= 15 is 0 Å². The first-order valence-corrected chi connectivity index (χ1v) is 5.78. The highest BCUT2D eigenvalue weighted by molar-refractivity contribution is 7.80. The molecular weight excluding hydrogens is 208 g/mol. The zero-order valence-corrected chi connectivity index (χ0v) is 10.8. The van der Waals surface area contributed by atoms with E-state index in [9.17, 15) is 4.79 Å². The minimum atomic E-state index is 0.208. The van der Waals surface area contributed by atoms with Crippen LogP contribution in [-0.4, -0.2) is 47.9 Å². The molecule has 0 aliphatic carbocycles. The van der Waals surface area contributed by atoms with Crippen molar-refractivity contribution in [3.63, 3.8) is 0 Å². The van der Waals surface area contributed by atoms with Gasteiger partial charge in [-0.2, -0.15) is 0 Å². The third-order valence-corrected chi connectivity index (χ3v) is 3.61. The van der Waals surface area contributed by atoms with E-state index in [1.807, 2.05) is 7.05 Å². The Morgan fingerprint density at radius 2 is 2.20 bits per heavy atom. The summed E-state index contributed by atoms with van der Waals surface area (Å²) in [6.07, 6.45) is 2.58. The summed E-state index contributed by atoms with van der Waals surface area (Å²) in [6, 6.07) is 0.464. The summed E-state index contributed by atoms with van der Waals surface area (Å²) in [4.78, 5) is 16.4. The van der Waals surface area contributed by atoms with Crippen molar-refractivity contribution in [2.75, 3.05) is 21.1 Å². The first-order valence-electron chi connectivity index (χ1n) is 5.37. The number of nitrogens with zero attached hydrogens (tertiary/aromatic N) is 2. The number of carbonyl (C=O) groups is 1. The molecule has 1 aliphatic heterocycles. The van der Waals surface area contributed by atoms with Gasteiger partial charge in [0.15, 0.2) is 0 Å². The summed E-state index contributed by atoms with van der Waals surface area (Å²) in [7, 11) is 5.65. The Labute approximate surface area is 97.4 Å². The molecular formula is C11H20N2OS. The molecule has 0 N–H and O–H groups in total. The average Bonchev–Trinajstić information content (AvgIpc) is 2.13. The van der Waals surface area contributed by atoms with Gasteiger partial charge in [-0.25, -0.2) is 0 Å². The van der Waals surface area contributed by atoms with Crippen molar-refractivity contribution in [1.29, 1.82) is 0 Å². The lowest BCUT2D eigenvalue weighted by Gasteiger charge is -2.37. The maximum atomic E-state index is 11.6. The number of piperidine rings is 1. The number of likely N-dealkylation sites (tertiary alicyclic amines) is 1. The van der Waals surface area contributed by atoms with Crippen LogP contribution in [0, 0.1) is 5.92 Å². The average molecular weight is 228 g/mol. The first-order chi connectivity index (χ1) is 6.91. The Morgan fingerprint density at radius 1 is 1.60 bits per heavy atom. The lowest BCUT2D eigenvalue weighted by molar-refractivity contribution is -0.129. The standard InChI is InChI=1S/C11H20N2OS/c1-8-5-9(6-10(14)12(2)3)7-11(15)13(8)4/h8-9H,5-7H2,1-4H3. The predicted octanol–water partition coefficient (Wildman–Crippen LogP) is 1.52. The maximum Gasteiger partial charge on any atom is 0.222 e. The van der Waals surface area contributed by atoms with Crippen molar-refractivity contribution in [2.24, 2.45) is 5.92 Å². The SMILES string of the molecule is CC1CC(CC(=O)N(C)C)CC(=S)N1C. The minimum absolute atomic E-state index is 0.208. The quantitative estimate of drug-likeness (QED) is 0.670. The Kier molecular flexibility index (Phi) is 4.08. The largest absolute Gasteiger partial charge is 0.367 e. The van der Waals surface area contributed by atoms with E-state index < -0.39 is 0 Å². The number of carbonyl (C=O) groups excluding carboxylic acids is 1. The van der Waals surface area contributed by atoms with Crippen molar-refractivity contribution >= 4 is 23.1 Å². The second-order valence-corrected chi connectivity index (χ2v) is 5.12. The second kappa shape index (κ2) is 4.92. The van der Waals surface area contributed by atoms with Crippen LogP contribution in [0.3, 0.4) is 0 Å². The molecule has 1 amide bonds. The molecule has 2 unspecified atom stereocenters. The molecule has 0 radical (unpaired) electrons. The molecule has 2 atom stereocenters. The van der Waals surface area contributed by atoms with Crippen LogP contribution < -0.4 is 0 Å². The smallest absolute Gasteiger partial charge is 0.222 e. The fraction of sp³-hybridized carbons (Fsp3) is 0.818. The Morgan fingerprint density at radius 3 is 2.67 bits per heavy atom. The fourth-order valence-corrected chi connectivity index (χ4v) is 2.36. The molecule has 0 aromatic heterocycles. The van der Waals surface area contributed by atoms with Crippen LogP contribution in [-0.2, 0) is 4.79 Å². The number of hydrogen-bond donors (Lipinski definition) is 0. The van der Waals surface area contributed by atoms with Crippen LogP contribution in [0.2, 0.25) is 0 Å². The van der Waals surface area contributed by atoms with Crippen molar-refractivity contribution in [3.05, 3.63) is 0 Å². The summed E-state index contributed by atoms with van der Waals surface area (Å²) < 4.78 is 0. The van der Waals surface area contributed by atoms with Crippen LogP contribution in [0.25, 0.3) is 0 Å². The summed E-state index contributed by atoms with van der Waals surface area (Å²) in [5.74, 6) is 0.637. The van der Waals surface area contributed by atoms with Gasteiger partial charge in [0.25, 0.3) is 0 Å². The molecule has 1 fully saturated rings. The normalized spacial score (nSPS) is 26.7. The Hall–Kier alpha value is -0.640. The summed E-state index contributed by atoms with van der Waals surface area (Å²) in [5, 5.41) is 0. The molecule has 1 rings (SSSR count). The third-order valence-electron chi connectivity index (χ3n) is 3.15. The van der Waals surface area contributed by atoms with E-state index in [-0.39, 0.29) is 5.91 Å². The zero-order valence-electron chi connectivity index (χ0n) is 9.99. The van der Waals surface area contributed by atoms with E-state index in [0.717, 1.165) is 17.8 Å². The number of rotatable bonds is 2. The lowest BCUT2D eigenvalue weighted by Crippen LogP contribution is -2.42. The summed E-state index contributed by atoms with van der Waals surface area (Å²) >= 11 is 5.30. The van der Waals surface area contributed by atoms with Crippen LogP contribution in [0.4, 0.5) is 0 Å². The zero-order chi connectivity index (χ0) is 11.6. The van der Waals surface area contributed by atoms with Gasteiger partial charge in [0.05, 0.1) is 4.99 Å². The first kappa shape index (κ1) is 12.4. The van der Waals surface area contributed by atoms with Crippen LogP contribution in [0.15, 0.2) is 0 Å². The van der Waals surface area contributed by atoms with Gasteiger partial charge in [0.2, 0.25) is 5.91 Å². The minimum Gasteiger partial charge on any atom is -0.367 e. The molecule has 0 saturated carbocycles. The van der Waals surface area contributed by atoms with Crippen LogP contribution >= 0.6 is 12.2 Å². The van der Waals surface area contributed by atoms with Gasteiger partial charge in [-0.1, -0.05) is 12.2 Å². The van der Waals surface area contributed by atoms with Crippen molar-refractivity contribution < 1.29 is 4.79 Å². The van der Waals surface area contributed by atoms with Gasteiger partial charge in [-0.3, -0.25) is 4.79 Å². The number of hydrogen-bond acceptors (Lipinski definition) is 2. The van der Waals surface area contributed by atoms with Crippen LogP contribution in [0.5, 0.6) is 0 Å². The summed E-state index contributed by atoms with van der Waals surface area (Å²) in [6.45, 7) is 2.17. The molecule has 0 aromatic rings. The Balaban J connectivity index is 2.52. The molecule has 1 aliphatic rings. The molecule has 86 valence electrons. The van der Waals surface area contributed by atoms with Gasteiger partial charge in [0, 0.05) is 40.0 Å². The predicted molar refractivity (Wildman–Crippen MR) is 65.9 cm³/mol. The highest BCUT2D eigenvalue weighted by atomic mass is 32.1.